The maximum atomic E-state index is 12.4. The van der Waals surface area contributed by atoms with Crippen LogP contribution in [0, 0.1) is 0 Å². The van der Waals surface area contributed by atoms with Gasteiger partial charge in [0.25, 0.3) is 17.7 Å². The molecule has 9 heteroatoms. The minimum Gasteiger partial charge on any atom is -0.483 e. The Balaban J connectivity index is 1.56. The van der Waals surface area contributed by atoms with Crippen LogP contribution in [0.4, 0.5) is 5.69 Å². The Morgan fingerprint density at radius 2 is 1.63 bits per heavy atom. The monoisotopic (exact) mass is 468 g/mol. The van der Waals surface area contributed by atoms with Gasteiger partial charge in [0, 0.05) is 22.6 Å². The molecule has 0 atom stereocenters. The van der Waals surface area contributed by atoms with E-state index in [-0.39, 0.29) is 23.8 Å². The molecule has 0 aliphatic heterocycles. The first-order chi connectivity index (χ1) is 14.5. The summed E-state index contributed by atoms with van der Waals surface area (Å²) in [5.74, 6) is -1.27. The average Bonchev–Trinajstić information content (AvgIpc) is 2.78. The fourth-order valence-corrected chi connectivity index (χ4v) is 2.67. The summed E-state index contributed by atoms with van der Waals surface area (Å²) in [6.07, 6.45) is 2.92. The van der Waals surface area contributed by atoms with Gasteiger partial charge in [-0.25, -0.2) is 0 Å². The molecule has 0 spiro atoms. The van der Waals surface area contributed by atoms with Crippen LogP contribution in [-0.2, 0) is 4.79 Å². The fraction of sp³-hybridized carbons (Fsp3) is 0.0476. The van der Waals surface area contributed by atoms with E-state index in [1.54, 1.807) is 54.6 Å². The smallest absolute Gasteiger partial charge is 0.273 e. The van der Waals surface area contributed by atoms with Gasteiger partial charge in [-0.1, -0.05) is 28.1 Å². The lowest BCUT2D eigenvalue weighted by Crippen LogP contribution is -2.41. The van der Waals surface area contributed by atoms with Crippen molar-refractivity contribution in [2.24, 2.45) is 0 Å². The van der Waals surface area contributed by atoms with Gasteiger partial charge >= 0.3 is 0 Å². The SMILES string of the molecule is O=C(COc1ccccc1C(=O)NNC(=O)c1cccnc1)Nc1ccc(Br)cc1. The second-order valence-corrected chi connectivity index (χ2v) is 6.91. The van der Waals surface area contributed by atoms with E-state index in [0.29, 0.717) is 11.3 Å². The number of carbonyl (C=O) groups is 3. The molecule has 2 aromatic carbocycles. The summed E-state index contributed by atoms with van der Waals surface area (Å²) in [6.45, 7) is -0.289. The summed E-state index contributed by atoms with van der Waals surface area (Å²) in [5, 5.41) is 2.70. The van der Waals surface area contributed by atoms with Crippen LogP contribution >= 0.6 is 15.9 Å². The molecular formula is C21H17BrN4O4. The van der Waals surface area contributed by atoms with E-state index in [0.717, 1.165) is 4.47 Å². The zero-order chi connectivity index (χ0) is 21.3. The maximum absolute atomic E-state index is 12.4. The van der Waals surface area contributed by atoms with Crippen LogP contribution in [-0.4, -0.2) is 29.3 Å². The van der Waals surface area contributed by atoms with E-state index in [1.807, 2.05) is 0 Å². The highest BCUT2D eigenvalue weighted by atomic mass is 79.9. The maximum Gasteiger partial charge on any atom is 0.273 e. The van der Waals surface area contributed by atoms with Crippen molar-refractivity contribution in [1.82, 2.24) is 15.8 Å². The van der Waals surface area contributed by atoms with Crippen LogP contribution in [0.1, 0.15) is 20.7 Å². The minimum absolute atomic E-state index is 0.167. The largest absolute Gasteiger partial charge is 0.483 e. The van der Waals surface area contributed by atoms with Crippen LogP contribution in [0.3, 0.4) is 0 Å². The van der Waals surface area contributed by atoms with Crippen molar-refractivity contribution in [1.29, 1.82) is 0 Å². The van der Waals surface area contributed by atoms with Crippen LogP contribution < -0.4 is 20.9 Å². The second-order valence-electron chi connectivity index (χ2n) is 5.99. The third kappa shape index (κ3) is 5.89. The summed E-state index contributed by atoms with van der Waals surface area (Å²) >= 11 is 3.32. The molecule has 0 bridgehead atoms. The van der Waals surface area contributed by atoms with Gasteiger partial charge in [-0.05, 0) is 48.5 Å². The van der Waals surface area contributed by atoms with Crippen molar-refractivity contribution in [3.8, 4) is 5.75 Å². The summed E-state index contributed by atoms with van der Waals surface area (Å²) in [5.41, 5.74) is 5.71. The second kappa shape index (κ2) is 10.2. The Kier molecular flexibility index (Phi) is 7.12. The van der Waals surface area contributed by atoms with Crippen molar-refractivity contribution in [3.63, 3.8) is 0 Å². The van der Waals surface area contributed by atoms with Gasteiger partial charge in [0.2, 0.25) is 0 Å². The summed E-state index contributed by atoms with van der Waals surface area (Å²) in [4.78, 5) is 40.4. The predicted octanol–water partition coefficient (Wildman–Crippen LogP) is 2.94. The lowest BCUT2D eigenvalue weighted by atomic mass is 10.2. The van der Waals surface area contributed by atoms with Crippen molar-refractivity contribution >= 4 is 39.3 Å². The molecule has 0 radical (unpaired) electrons. The summed E-state index contributed by atoms with van der Waals surface area (Å²) in [6, 6.07) is 16.7. The molecular weight excluding hydrogens is 452 g/mol. The minimum atomic E-state index is -0.587. The van der Waals surface area contributed by atoms with Gasteiger partial charge in [-0.15, -0.1) is 0 Å². The first-order valence-corrected chi connectivity index (χ1v) is 9.60. The first kappa shape index (κ1) is 21.0. The molecule has 0 unspecified atom stereocenters. The third-order valence-corrected chi connectivity index (χ3v) is 4.36. The fourth-order valence-electron chi connectivity index (χ4n) is 2.40. The van der Waals surface area contributed by atoms with Crippen LogP contribution in [0.5, 0.6) is 5.75 Å². The lowest BCUT2D eigenvalue weighted by molar-refractivity contribution is -0.118. The molecule has 0 aliphatic carbocycles. The van der Waals surface area contributed by atoms with E-state index in [2.05, 4.69) is 37.1 Å². The number of halogens is 1. The first-order valence-electron chi connectivity index (χ1n) is 8.81. The van der Waals surface area contributed by atoms with E-state index in [1.165, 1.54) is 18.5 Å². The number of nitrogens with one attached hydrogen (secondary N) is 3. The number of amides is 3. The van der Waals surface area contributed by atoms with Crippen LogP contribution in [0.25, 0.3) is 0 Å². The average molecular weight is 469 g/mol. The Morgan fingerprint density at radius 1 is 0.900 bits per heavy atom. The van der Waals surface area contributed by atoms with Gasteiger partial charge < -0.3 is 10.1 Å². The summed E-state index contributed by atoms with van der Waals surface area (Å²) in [7, 11) is 0. The molecule has 3 aromatic rings. The number of anilines is 1. The van der Waals surface area contributed by atoms with Crippen LogP contribution in [0.2, 0.25) is 0 Å². The zero-order valence-corrected chi connectivity index (χ0v) is 17.2. The van der Waals surface area contributed by atoms with Gasteiger partial charge in [-0.3, -0.25) is 30.2 Å². The predicted molar refractivity (Wildman–Crippen MR) is 114 cm³/mol. The number of ether oxygens (including phenoxy) is 1. The van der Waals surface area contributed by atoms with E-state index in [9.17, 15) is 14.4 Å². The van der Waals surface area contributed by atoms with Crippen molar-refractivity contribution in [3.05, 3.63) is 88.7 Å². The molecule has 0 aliphatic rings. The lowest BCUT2D eigenvalue weighted by Gasteiger charge is -2.12. The molecule has 0 saturated heterocycles. The highest BCUT2D eigenvalue weighted by Crippen LogP contribution is 2.18. The number of hydrazine groups is 1. The number of benzene rings is 2. The highest BCUT2D eigenvalue weighted by Gasteiger charge is 2.15. The summed E-state index contributed by atoms with van der Waals surface area (Å²) < 4.78 is 6.40. The quantitative estimate of drug-likeness (QED) is 0.481. The molecule has 3 N–H and O–H groups in total. The molecule has 3 rings (SSSR count). The van der Waals surface area contributed by atoms with Gasteiger partial charge in [0.15, 0.2) is 6.61 Å². The van der Waals surface area contributed by atoms with Gasteiger partial charge in [0.05, 0.1) is 11.1 Å². The van der Waals surface area contributed by atoms with Gasteiger partial charge in [0.1, 0.15) is 5.75 Å². The Hall–Kier alpha value is -3.72. The molecule has 1 heterocycles. The molecule has 30 heavy (non-hydrogen) atoms. The van der Waals surface area contributed by atoms with Crippen molar-refractivity contribution in [2.75, 3.05) is 11.9 Å². The standard InChI is InChI=1S/C21H17BrN4O4/c22-15-7-9-16(10-8-15)24-19(27)13-30-18-6-2-1-5-17(18)21(29)26-25-20(28)14-4-3-11-23-12-14/h1-12H,13H2,(H,24,27)(H,25,28)(H,26,29). The number of nitrogens with zero attached hydrogens (tertiary/aromatic N) is 1. The van der Waals surface area contributed by atoms with E-state index in [4.69, 9.17) is 4.74 Å². The highest BCUT2D eigenvalue weighted by molar-refractivity contribution is 9.10. The third-order valence-electron chi connectivity index (χ3n) is 3.83. The molecule has 3 amide bonds. The van der Waals surface area contributed by atoms with E-state index < -0.39 is 11.8 Å². The molecule has 0 saturated carbocycles. The number of hydrogen-bond acceptors (Lipinski definition) is 5. The number of para-hydroxylation sites is 1. The Bertz CT molecular complexity index is 1040. The number of hydrogen-bond donors (Lipinski definition) is 3. The molecule has 152 valence electrons. The molecule has 0 fully saturated rings. The zero-order valence-electron chi connectivity index (χ0n) is 15.6. The number of aromatic nitrogens is 1. The van der Waals surface area contributed by atoms with Crippen LogP contribution in [0.15, 0.2) is 77.5 Å². The van der Waals surface area contributed by atoms with Gasteiger partial charge in [-0.2, -0.15) is 0 Å². The normalized spacial score (nSPS) is 10.0. The van der Waals surface area contributed by atoms with Crippen molar-refractivity contribution in [2.45, 2.75) is 0 Å². The number of rotatable bonds is 6. The Morgan fingerprint density at radius 3 is 2.37 bits per heavy atom. The number of carbonyl (C=O) groups excluding carboxylic acids is 3. The van der Waals surface area contributed by atoms with Crippen molar-refractivity contribution < 1.29 is 19.1 Å². The molecule has 8 nitrogen and oxygen atoms in total. The topological polar surface area (TPSA) is 109 Å². The molecule has 1 aromatic heterocycles. The van der Waals surface area contributed by atoms with E-state index >= 15 is 0 Å². The number of pyridine rings is 1. The Labute approximate surface area is 180 Å².